The Morgan fingerprint density at radius 3 is 2.38 bits per heavy atom. The molecule has 88 valence electrons. The van der Waals surface area contributed by atoms with Gasteiger partial charge in [-0.05, 0) is 24.1 Å². The lowest BCUT2D eigenvalue weighted by molar-refractivity contribution is -0.126. The van der Waals surface area contributed by atoms with Gasteiger partial charge in [0.15, 0.2) is 5.78 Å². The minimum Gasteiger partial charge on any atom is -0.385 e. The molecule has 1 N–H and O–H groups in total. The van der Waals surface area contributed by atoms with Crippen molar-refractivity contribution in [3.05, 3.63) is 35.4 Å². The van der Waals surface area contributed by atoms with Gasteiger partial charge in [-0.15, -0.1) is 0 Å². The largest absolute Gasteiger partial charge is 0.385 e. The highest BCUT2D eigenvalue weighted by Crippen LogP contribution is 2.10. The van der Waals surface area contributed by atoms with Gasteiger partial charge in [-0.25, -0.2) is 8.78 Å². The van der Waals surface area contributed by atoms with Gasteiger partial charge >= 0.3 is 0 Å². The van der Waals surface area contributed by atoms with Gasteiger partial charge in [-0.3, -0.25) is 4.79 Å². The van der Waals surface area contributed by atoms with Gasteiger partial charge in [0.1, 0.15) is 17.7 Å². The number of aliphatic hydroxyl groups is 1. The van der Waals surface area contributed by atoms with Crippen LogP contribution >= 0.6 is 0 Å². The van der Waals surface area contributed by atoms with E-state index in [2.05, 4.69) is 0 Å². The molecule has 1 unspecified atom stereocenters. The highest BCUT2D eigenvalue weighted by molar-refractivity contribution is 5.84. The molecule has 0 saturated carbocycles. The molecule has 1 rings (SSSR count). The van der Waals surface area contributed by atoms with Crippen LogP contribution in [0, 0.1) is 11.6 Å². The maximum atomic E-state index is 12.8. The third-order valence-electron chi connectivity index (χ3n) is 2.23. The molecule has 1 atom stereocenters. The molecule has 0 saturated heterocycles. The Bertz CT molecular complexity index is 357. The third-order valence-corrected chi connectivity index (χ3v) is 2.23. The van der Waals surface area contributed by atoms with Gasteiger partial charge in [0, 0.05) is 12.5 Å². The summed E-state index contributed by atoms with van der Waals surface area (Å²) < 4.78 is 25.6. The van der Waals surface area contributed by atoms with Crippen molar-refractivity contribution in [1.82, 2.24) is 0 Å². The highest BCUT2D eigenvalue weighted by atomic mass is 19.1. The summed E-state index contributed by atoms with van der Waals surface area (Å²) in [6.45, 7) is 1.85. The molecule has 0 spiro atoms. The second-order valence-electron chi connectivity index (χ2n) is 3.73. The second-order valence-corrected chi connectivity index (χ2v) is 3.73. The smallest absolute Gasteiger partial charge is 0.165 e. The van der Waals surface area contributed by atoms with E-state index in [4.69, 9.17) is 0 Å². The standard InChI is InChI=1S/C12H14F2O2/c1-2-3-11(15)12(16)6-8-4-9(13)7-10(14)5-8/h4-5,7,11,15H,2-3,6H2,1H3. The maximum absolute atomic E-state index is 12.8. The molecule has 16 heavy (non-hydrogen) atoms. The number of benzene rings is 1. The van der Waals surface area contributed by atoms with E-state index in [1.165, 1.54) is 0 Å². The Kier molecular flexibility index (Phi) is 4.55. The zero-order valence-electron chi connectivity index (χ0n) is 9.04. The van der Waals surface area contributed by atoms with Crippen LogP contribution in [0.3, 0.4) is 0 Å². The summed E-state index contributed by atoms with van der Waals surface area (Å²) in [7, 11) is 0. The van der Waals surface area contributed by atoms with Crippen molar-refractivity contribution >= 4 is 5.78 Å². The molecule has 0 aliphatic carbocycles. The highest BCUT2D eigenvalue weighted by Gasteiger charge is 2.15. The molecule has 4 heteroatoms. The van der Waals surface area contributed by atoms with Crippen molar-refractivity contribution in [3.63, 3.8) is 0 Å². The molecular formula is C12H14F2O2. The lowest BCUT2D eigenvalue weighted by Crippen LogP contribution is -2.22. The summed E-state index contributed by atoms with van der Waals surface area (Å²) in [6.07, 6.45) is -0.131. The summed E-state index contributed by atoms with van der Waals surface area (Å²) in [4.78, 5) is 11.4. The van der Waals surface area contributed by atoms with Gasteiger partial charge in [0.05, 0.1) is 0 Å². The van der Waals surface area contributed by atoms with Crippen LogP contribution in [0.1, 0.15) is 25.3 Å². The minimum absolute atomic E-state index is 0.143. The number of ketones is 1. The molecule has 1 aromatic rings. The molecule has 0 amide bonds. The minimum atomic E-state index is -1.05. The molecule has 0 fully saturated rings. The van der Waals surface area contributed by atoms with Crippen LogP contribution < -0.4 is 0 Å². The van der Waals surface area contributed by atoms with Gasteiger partial charge in [0.2, 0.25) is 0 Å². The first-order valence-electron chi connectivity index (χ1n) is 5.18. The van der Waals surface area contributed by atoms with Crippen molar-refractivity contribution in [1.29, 1.82) is 0 Å². The zero-order chi connectivity index (χ0) is 12.1. The Hall–Kier alpha value is -1.29. The molecule has 2 nitrogen and oxygen atoms in total. The Morgan fingerprint density at radius 1 is 1.31 bits per heavy atom. The van der Waals surface area contributed by atoms with Crippen LogP contribution in [0.15, 0.2) is 18.2 Å². The van der Waals surface area contributed by atoms with E-state index in [-0.39, 0.29) is 12.0 Å². The monoisotopic (exact) mass is 228 g/mol. The van der Waals surface area contributed by atoms with E-state index in [1.54, 1.807) is 0 Å². The number of aliphatic hydroxyl groups excluding tert-OH is 1. The normalized spacial score (nSPS) is 12.5. The summed E-state index contributed by atoms with van der Waals surface area (Å²) >= 11 is 0. The van der Waals surface area contributed by atoms with Crippen LogP contribution in [0.5, 0.6) is 0 Å². The second kappa shape index (κ2) is 5.70. The van der Waals surface area contributed by atoms with E-state index in [0.717, 1.165) is 18.2 Å². The number of carbonyl (C=O) groups is 1. The van der Waals surface area contributed by atoms with Gasteiger partial charge in [-0.2, -0.15) is 0 Å². The lowest BCUT2D eigenvalue weighted by atomic mass is 10.0. The Labute approximate surface area is 92.9 Å². The van der Waals surface area contributed by atoms with E-state index in [1.807, 2.05) is 6.92 Å². The fraction of sp³-hybridized carbons (Fsp3) is 0.417. The molecular weight excluding hydrogens is 214 g/mol. The predicted molar refractivity (Wildman–Crippen MR) is 56.0 cm³/mol. The van der Waals surface area contributed by atoms with Crippen LogP contribution in [0.25, 0.3) is 0 Å². The fourth-order valence-electron chi connectivity index (χ4n) is 1.47. The lowest BCUT2D eigenvalue weighted by Gasteiger charge is -2.08. The van der Waals surface area contributed by atoms with E-state index in [9.17, 15) is 18.7 Å². The Morgan fingerprint density at radius 2 is 1.88 bits per heavy atom. The number of hydrogen-bond acceptors (Lipinski definition) is 2. The average Bonchev–Trinajstić information content (AvgIpc) is 2.16. The zero-order valence-corrected chi connectivity index (χ0v) is 9.04. The van der Waals surface area contributed by atoms with Gasteiger partial charge in [-0.1, -0.05) is 13.3 Å². The van der Waals surface area contributed by atoms with Gasteiger partial charge < -0.3 is 5.11 Å². The van der Waals surface area contributed by atoms with Crippen LogP contribution in [-0.4, -0.2) is 17.0 Å². The Balaban J connectivity index is 2.69. The van der Waals surface area contributed by atoms with Crippen molar-refractivity contribution in [2.75, 3.05) is 0 Å². The quantitative estimate of drug-likeness (QED) is 0.839. The maximum Gasteiger partial charge on any atom is 0.165 e. The van der Waals surface area contributed by atoms with Crippen LogP contribution in [0.4, 0.5) is 8.78 Å². The van der Waals surface area contributed by atoms with E-state index in [0.29, 0.717) is 12.8 Å². The van der Waals surface area contributed by atoms with Crippen molar-refractivity contribution < 1.29 is 18.7 Å². The SMILES string of the molecule is CCCC(O)C(=O)Cc1cc(F)cc(F)c1. The first-order valence-corrected chi connectivity index (χ1v) is 5.18. The number of hydrogen-bond donors (Lipinski definition) is 1. The predicted octanol–water partition coefficient (Wildman–Crippen LogP) is 2.24. The van der Waals surface area contributed by atoms with Crippen molar-refractivity contribution in [3.8, 4) is 0 Å². The van der Waals surface area contributed by atoms with Crippen LogP contribution in [-0.2, 0) is 11.2 Å². The topological polar surface area (TPSA) is 37.3 Å². The average molecular weight is 228 g/mol. The molecule has 0 aliphatic rings. The molecule has 0 radical (unpaired) electrons. The van der Waals surface area contributed by atoms with Crippen molar-refractivity contribution in [2.24, 2.45) is 0 Å². The van der Waals surface area contributed by atoms with Gasteiger partial charge in [0.25, 0.3) is 0 Å². The summed E-state index contributed by atoms with van der Waals surface area (Å²) in [5, 5.41) is 9.38. The molecule has 0 bridgehead atoms. The fourth-order valence-corrected chi connectivity index (χ4v) is 1.47. The summed E-state index contributed by atoms with van der Waals surface area (Å²) in [6, 6.07) is 2.94. The number of halogens is 2. The number of carbonyl (C=O) groups excluding carboxylic acids is 1. The molecule has 0 aromatic heterocycles. The summed E-state index contributed by atoms with van der Waals surface area (Å²) in [5.41, 5.74) is 0.248. The van der Waals surface area contributed by atoms with Crippen LogP contribution in [0.2, 0.25) is 0 Å². The van der Waals surface area contributed by atoms with Crippen molar-refractivity contribution in [2.45, 2.75) is 32.3 Å². The molecule has 0 heterocycles. The summed E-state index contributed by atoms with van der Waals surface area (Å²) in [5.74, 6) is -1.84. The van der Waals surface area contributed by atoms with E-state index >= 15 is 0 Å². The number of rotatable bonds is 5. The third kappa shape index (κ3) is 3.70. The molecule has 0 aliphatic heterocycles. The van der Waals surface area contributed by atoms with E-state index < -0.39 is 23.5 Å². The molecule has 1 aromatic carbocycles. The first kappa shape index (κ1) is 12.8. The first-order chi connectivity index (χ1) is 7.52. The number of Topliss-reactive ketones (excluding diaryl/α,β-unsaturated/α-hetero) is 1.